The van der Waals surface area contributed by atoms with Crippen LogP contribution in [0.2, 0.25) is 5.02 Å². The minimum absolute atomic E-state index is 0.0428. The number of nitrogens with two attached hydrogens (primary N) is 1. The van der Waals surface area contributed by atoms with Gasteiger partial charge in [-0.1, -0.05) is 11.6 Å². The molecule has 2 rings (SSSR count). The molecule has 1 saturated heterocycles. The van der Waals surface area contributed by atoms with Crippen molar-refractivity contribution in [2.45, 2.75) is 6.42 Å². The Morgan fingerprint density at radius 1 is 1.32 bits per heavy atom. The van der Waals surface area contributed by atoms with Gasteiger partial charge in [0.1, 0.15) is 5.84 Å². The van der Waals surface area contributed by atoms with Gasteiger partial charge in [-0.25, -0.2) is 8.42 Å². The summed E-state index contributed by atoms with van der Waals surface area (Å²) >= 11 is 5.98. The van der Waals surface area contributed by atoms with Crippen LogP contribution in [-0.4, -0.2) is 38.8 Å². The third-order valence-electron chi connectivity index (χ3n) is 3.15. The average Bonchev–Trinajstić information content (AvgIpc) is 2.49. The molecule has 1 aliphatic heterocycles. The van der Waals surface area contributed by atoms with Crippen molar-refractivity contribution in [3.63, 3.8) is 0 Å². The third kappa shape index (κ3) is 3.39. The number of rotatable bonds is 2. The van der Waals surface area contributed by atoms with Crippen LogP contribution in [0.5, 0.6) is 0 Å². The van der Waals surface area contributed by atoms with Gasteiger partial charge in [0.05, 0.1) is 11.5 Å². The maximum absolute atomic E-state index is 11.6. The number of benzene rings is 1. The zero-order valence-corrected chi connectivity index (χ0v) is 12.0. The summed E-state index contributed by atoms with van der Waals surface area (Å²) in [6, 6.07) is 5.10. The first kappa shape index (κ1) is 14.1. The first-order valence-electron chi connectivity index (χ1n) is 5.98. The van der Waals surface area contributed by atoms with Gasteiger partial charge >= 0.3 is 0 Å². The first-order chi connectivity index (χ1) is 8.89. The van der Waals surface area contributed by atoms with Crippen LogP contribution >= 0.6 is 11.6 Å². The molecule has 0 aromatic heterocycles. The highest BCUT2D eigenvalue weighted by molar-refractivity contribution is 7.91. The molecule has 5 nitrogen and oxygen atoms in total. The van der Waals surface area contributed by atoms with Gasteiger partial charge in [-0.2, -0.15) is 0 Å². The monoisotopic (exact) mass is 301 g/mol. The van der Waals surface area contributed by atoms with E-state index in [1.807, 2.05) is 4.90 Å². The fourth-order valence-electron chi connectivity index (χ4n) is 2.17. The van der Waals surface area contributed by atoms with Crippen LogP contribution < -0.4 is 10.6 Å². The van der Waals surface area contributed by atoms with Gasteiger partial charge in [0, 0.05) is 29.4 Å². The number of anilines is 1. The number of sulfone groups is 1. The van der Waals surface area contributed by atoms with Crippen LogP contribution in [0, 0.1) is 5.41 Å². The lowest BCUT2D eigenvalue weighted by atomic mass is 10.1. The summed E-state index contributed by atoms with van der Waals surface area (Å²) in [6.07, 6.45) is 0.576. The van der Waals surface area contributed by atoms with Crippen LogP contribution in [-0.2, 0) is 9.84 Å². The molecular formula is C12H16ClN3O2S. The Morgan fingerprint density at radius 3 is 2.74 bits per heavy atom. The van der Waals surface area contributed by atoms with Crippen molar-refractivity contribution < 1.29 is 8.42 Å². The molecule has 1 aliphatic rings. The quantitative estimate of drug-likeness (QED) is 0.636. The standard InChI is InChI=1S/C12H16ClN3O2S/c13-9-2-3-10(12(14)15)11(8-9)16-4-1-6-19(17,18)7-5-16/h2-3,8H,1,4-7H2,(H3,14,15). The molecule has 0 bridgehead atoms. The summed E-state index contributed by atoms with van der Waals surface area (Å²) < 4.78 is 23.2. The van der Waals surface area contributed by atoms with Crippen molar-refractivity contribution in [1.29, 1.82) is 5.41 Å². The van der Waals surface area contributed by atoms with E-state index in [1.54, 1.807) is 18.2 Å². The fraction of sp³-hybridized carbons (Fsp3) is 0.417. The Labute approximate surface area is 117 Å². The smallest absolute Gasteiger partial charge is 0.152 e. The Balaban J connectivity index is 2.35. The predicted molar refractivity (Wildman–Crippen MR) is 78.0 cm³/mol. The molecule has 1 fully saturated rings. The number of halogens is 1. The van der Waals surface area contributed by atoms with E-state index < -0.39 is 9.84 Å². The SMILES string of the molecule is N=C(N)c1ccc(Cl)cc1N1CCCS(=O)(=O)CC1. The maximum Gasteiger partial charge on any atom is 0.152 e. The molecule has 0 saturated carbocycles. The highest BCUT2D eigenvalue weighted by Crippen LogP contribution is 2.26. The lowest BCUT2D eigenvalue weighted by molar-refractivity contribution is 0.597. The second-order valence-corrected chi connectivity index (χ2v) is 7.31. The van der Waals surface area contributed by atoms with Crippen molar-refractivity contribution in [3.05, 3.63) is 28.8 Å². The molecule has 0 spiro atoms. The van der Waals surface area contributed by atoms with E-state index in [-0.39, 0.29) is 17.3 Å². The molecule has 0 atom stereocenters. The molecule has 1 aromatic carbocycles. The Hall–Kier alpha value is -1.27. The van der Waals surface area contributed by atoms with Crippen LogP contribution in [0.25, 0.3) is 0 Å². The minimum atomic E-state index is -2.96. The van der Waals surface area contributed by atoms with Crippen molar-refractivity contribution in [1.82, 2.24) is 0 Å². The fourth-order valence-corrected chi connectivity index (χ4v) is 3.61. The second kappa shape index (κ2) is 5.38. The van der Waals surface area contributed by atoms with Crippen LogP contribution in [0.1, 0.15) is 12.0 Å². The van der Waals surface area contributed by atoms with E-state index in [4.69, 9.17) is 22.7 Å². The Kier molecular flexibility index (Phi) is 4.01. The van der Waals surface area contributed by atoms with Gasteiger partial charge < -0.3 is 10.6 Å². The highest BCUT2D eigenvalue weighted by atomic mass is 35.5. The zero-order valence-electron chi connectivity index (χ0n) is 10.4. The van der Waals surface area contributed by atoms with Gasteiger partial charge in [0.25, 0.3) is 0 Å². The molecule has 1 aromatic rings. The topological polar surface area (TPSA) is 87.2 Å². The molecule has 19 heavy (non-hydrogen) atoms. The number of hydrogen-bond donors (Lipinski definition) is 2. The van der Waals surface area contributed by atoms with E-state index in [0.717, 1.165) is 5.69 Å². The van der Waals surface area contributed by atoms with E-state index in [0.29, 0.717) is 30.1 Å². The number of nitrogens with zero attached hydrogens (tertiary/aromatic N) is 1. The highest BCUT2D eigenvalue weighted by Gasteiger charge is 2.21. The number of nitrogen functional groups attached to an aromatic ring is 1. The van der Waals surface area contributed by atoms with Gasteiger partial charge in [-0.3, -0.25) is 5.41 Å². The zero-order chi connectivity index (χ0) is 14.0. The van der Waals surface area contributed by atoms with Crippen molar-refractivity contribution in [2.75, 3.05) is 29.5 Å². The van der Waals surface area contributed by atoms with Crippen molar-refractivity contribution in [3.8, 4) is 0 Å². The largest absolute Gasteiger partial charge is 0.384 e. The van der Waals surface area contributed by atoms with E-state index in [1.165, 1.54) is 0 Å². The van der Waals surface area contributed by atoms with Crippen LogP contribution in [0.15, 0.2) is 18.2 Å². The van der Waals surface area contributed by atoms with Crippen molar-refractivity contribution in [2.24, 2.45) is 5.73 Å². The van der Waals surface area contributed by atoms with E-state index in [2.05, 4.69) is 0 Å². The minimum Gasteiger partial charge on any atom is -0.384 e. The predicted octanol–water partition coefficient (Wildman–Crippen LogP) is 1.25. The van der Waals surface area contributed by atoms with Gasteiger partial charge in [-0.05, 0) is 24.6 Å². The summed E-state index contributed by atoms with van der Waals surface area (Å²) in [4.78, 5) is 1.94. The van der Waals surface area contributed by atoms with E-state index in [9.17, 15) is 8.42 Å². The summed E-state index contributed by atoms with van der Waals surface area (Å²) in [6.45, 7) is 1.03. The second-order valence-electron chi connectivity index (χ2n) is 4.57. The molecule has 1 heterocycles. The van der Waals surface area contributed by atoms with Gasteiger partial charge in [0.2, 0.25) is 0 Å². The summed E-state index contributed by atoms with van der Waals surface area (Å²) in [5, 5.41) is 8.14. The maximum atomic E-state index is 11.6. The molecule has 0 amide bonds. The third-order valence-corrected chi connectivity index (χ3v) is 5.10. The Morgan fingerprint density at radius 2 is 2.05 bits per heavy atom. The molecule has 0 unspecified atom stereocenters. The average molecular weight is 302 g/mol. The molecule has 3 N–H and O–H groups in total. The number of hydrogen-bond acceptors (Lipinski definition) is 4. The molecular weight excluding hydrogens is 286 g/mol. The normalized spacial score (nSPS) is 18.9. The molecule has 7 heteroatoms. The number of nitrogens with one attached hydrogen (secondary N) is 1. The molecule has 0 aliphatic carbocycles. The molecule has 0 radical (unpaired) electrons. The van der Waals surface area contributed by atoms with Crippen molar-refractivity contribution >= 4 is 33.0 Å². The summed E-state index contributed by atoms with van der Waals surface area (Å²) in [5.74, 6) is 0.287. The van der Waals surface area contributed by atoms with E-state index >= 15 is 0 Å². The first-order valence-corrected chi connectivity index (χ1v) is 8.18. The van der Waals surface area contributed by atoms with Gasteiger partial charge in [0.15, 0.2) is 9.84 Å². The van der Waals surface area contributed by atoms with Crippen LogP contribution in [0.3, 0.4) is 0 Å². The molecule has 104 valence electrons. The summed E-state index contributed by atoms with van der Waals surface area (Å²) in [5.41, 5.74) is 6.88. The van der Waals surface area contributed by atoms with Crippen LogP contribution in [0.4, 0.5) is 5.69 Å². The lowest BCUT2D eigenvalue weighted by Crippen LogP contribution is -2.29. The Bertz CT molecular complexity index is 601. The lowest BCUT2D eigenvalue weighted by Gasteiger charge is -2.24. The summed E-state index contributed by atoms with van der Waals surface area (Å²) in [7, 11) is -2.96. The number of amidine groups is 1. The van der Waals surface area contributed by atoms with Gasteiger partial charge in [-0.15, -0.1) is 0 Å².